The molecular formula is C23H23F2N9O2. The molecule has 13 heteroatoms. The zero-order valence-electron chi connectivity index (χ0n) is 19.5. The maximum atomic E-state index is 15.0. The Morgan fingerprint density at radius 3 is 2.61 bits per heavy atom. The summed E-state index contributed by atoms with van der Waals surface area (Å²) in [4.78, 5) is 31.5. The average Bonchev–Trinajstić information content (AvgIpc) is 3.28. The predicted molar refractivity (Wildman–Crippen MR) is 130 cm³/mol. The van der Waals surface area contributed by atoms with Crippen LogP contribution < -0.4 is 21.3 Å². The number of hydrogen-bond acceptors (Lipinski definition) is 9. The summed E-state index contributed by atoms with van der Waals surface area (Å²) in [6, 6.07) is 2.84. The van der Waals surface area contributed by atoms with Crippen LogP contribution in [0.4, 0.5) is 31.8 Å². The number of benzene rings is 1. The molecule has 4 N–H and O–H groups in total. The zero-order valence-corrected chi connectivity index (χ0v) is 19.5. The van der Waals surface area contributed by atoms with Crippen molar-refractivity contribution < 1.29 is 18.3 Å². The second-order valence-electron chi connectivity index (χ2n) is 8.13. The van der Waals surface area contributed by atoms with Crippen LogP contribution in [0.3, 0.4) is 0 Å². The van der Waals surface area contributed by atoms with Crippen molar-refractivity contribution in [3.05, 3.63) is 48.2 Å². The molecule has 1 aromatic carbocycles. The molecule has 0 bridgehead atoms. The summed E-state index contributed by atoms with van der Waals surface area (Å²) >= 11 is 0. The number of halogens is 2. The Kier molecular flexibility index (Phi) is 6.06. The molecule has 186 valence electrons. The number of imidazole rings is 1. The summed E-state index contributed by atoms with van der Waals surface area (Å²) in [6.07, 6.45) is 4.84. The number of amides is 1. The van der Waals surface area contributed by atoms with Gasteiger partial charge in [-0.05, 0) is 12.1 Å². The molecule has 11 nitrogen and oxygen atoms in total. The predicted octanol–water partition coefficient (Wildman–Crippen LogP) is 2.42. The highest BCUT2D eigenvalue weighted by Crippen LogP contribution is 2.34. The average molecular weight is 495 g/mol. The highest BCUT2D eigenvalue weighted by Gasteiger charge is 2.24. The van der Waals surface area contributed by atoms with E-state index in [4.69, 9.17) is 10.5 Å². The molecule has 4 heterocycles. The molecular weight excluding hydrogens is 472 g/mol. The first-order valence-electron chi connectivity index (χ1n) is 11.1. The van der Waals surface area contributed by atoms with E-state index in [-0.39, 0.29) is 34.4 Å². The molecule has 0 atom stereocenters. The summed E-state index contributed by atoms with van der Waals surface area (Å²) in [7, 11) is 3.44. The van der Waals surface area contributed by atoms with E-state index in [1.807, 2.05) is 7.05 Å². The van der Waals surface area contributed by atoms with E-state index in [1.165, 1.54) is 12.1 Å². The first-order valence-corrected chi connectivity index (χ1v) is 11.1. The summed E-state index contributed by atoms with van der Waals surface area (Å²) in [5, 5.41) is 5.60. The van der Waals surface area contributed by atoms with Crippen molar-refractivity contribution in [2.75, 3.05) is 48.9 Å². The van der Waals surface area contributed by atoms with E-state index < -0.39 is 17.5 Å². The molecule has 1 aliphatic heterocycles. The van der Waals surface area contributed by atoms with Crippen LogP contribution >= 0.6 is 0 Å². The highest BCUT2D eigenvalue weighted by atomic mass is 19.2. The lowest BCUT2D eigenvalue weighted by Crippen LogP contribution is -2.36. The van der Waals surface area contributed by atoms with E-state index in [9.17, 15) is 9.18 Å². The monoisotopic (exact) mass is 495 g/mol. The Balaban J connectivity index is 1.57. The number of aryl methyl sites for hydroxylation is 1. The number of primary amides is 1. The number of fused-ring (bicyclic) bond motifs is 1. The van der Waals surface area contributed by atoms with Crippen molar-refractivity contribution in [1.82, 2.24) is 24.5 Å². The lowest BCUT2D eigenvalue weighted by atomic mass is 10.1. The van der Waals surface area contributed by atoms with E-state index in [2.05, 4.69) is 30.6 Å². The molecule has 1 fully saturated rings. The van der Waals surface area contributed by atoms with Gasteiger partial charge in [0.25, 0.3) is 5.91 Å². The number of ether oxygens (including phenoxy) is 1. The normalized spacial score (nSPS) is 13.7. The molecule has 4 aromatic rings. The minimum atomic E-state index is -1.12. The van der Waals surface area contributed by atoms with E-state index in [0.29, 0.717) is 37.4 Å². The number of nitrogens with zero attached hydrogens (tertiary/aromatic N) is 6. The van der Waals surface area contributed by atoms with E-state index in [1.54, 1.807) is 35.2 Å². The fraction of sp³-hybridized carbons (Fsp3) is 0.261. The Labute approximate surface area is 204 Å². The van der Waals surface area contributed by atoms with Crippen LogP contribution in [-0.2, 0) is 11.8 Å². The van der Waals surface area contributed by atoms with Crippen LogP contribution in [0.2, 0.25) is 0 Å². The second-order valence-corrected chi connectivity index (χ2v) is 8.13. The quantitative estimate of drug-likeness (QED) is 0.368. The number of nitrogens with one attached hydrogen (secondary N) is 2. The van der Waals surface area contributed by atoms with Crippen LogP contribution in [0.15, 0.2) is 30.9 Å². The van der Waals surface area contributed by atoms with Gasteiger partial charge in [-0.3, -0.25) is 9.78 Å². The molecule has 0 radical (unpaired) electrons. The van der Waals surface area contributed by atoms with Crippen molar-refractivity contribution in [3.63, 3.8) is 0 Å². The lowest BCUT2D eigenvalue weighted by molar-refractivity contribution is 0.0996. The van der Waals surface area contributed by atoms with Crippen molar-refractivity contribution >= 4 is 40.0 Å². The van der Waals surface area contributed by atoms with Gasteiger partial charge in [-0.1, -0.05) is 0 Å². The molecule has 1 amide bonds. The zero-order chi connectivity index (χ0) is 25.4. The molecule has 1 saturated heterocycles. The number of rotatable bonds is 6. The van der Waals surface area contributed by atoms with Crippen LogP contribution in [0.5, 0.6) is 0 Å². The molecule has 0 aliphatic carbocycles. The minimum absolute atomic E-state index is 0.129. The van der Waals surface area contributed by atoms with Crippen LogP contribution in [-0.4, -0.2) is 63.8 Å². The lowest BCUT2D eigenvalue weighted by Gasteiger charge is -2.29. The van der Waals surface area contributed by atoms with Gasteiger partial charge in [0.15, 0.2) is 29.0 Å². The topological polar surface area (TPSA) is 136 Å². The SMILES string of the molecule is CNc1nc(Nc2ccc(N3CCOCC3)c(F)c2F)c(C(N)=O)nc1-c1cncc2c1ncn2C. The Morgan fingerprint density at radius 1 is 1.11 bits per heavy atom. The van der Waals surface area contributed by atoms with Gasteiger partial charge < -0.3 is 30.6 Å². The molecule has 1 aliphatic rings. The standard InChI is InChI=1S/C23H23F2N9O2/c1-27-22-19(12-9-28-10-15-18(12)29-11-33(15)2)31-20(21(26)35)23(32-22)30-13-3-4-14(17(25)16(13)24)34-5-7-36-8-6-34/h3-4,9-11H,5-8H2,1-2H3,(H2,26,35)(H2,27,30,32). The van der Waals surface area contributed by atoms with Crippen LogP contribution in [0.25, 0.3) is 22.3 Å². The highest BCUT2D eigenvalue weighted by molar-refractivity contribution is 5.99. The number of morpholine rings is 1. The number of aromatic nitrogens is 5. The summed E-state index contributed by atoms with van der Waals surface area (Å²) in [5.74, 6) is -2.91. The number of anilines is 4. The molecule has 0 unspecified atom stereocenters. The van der Waals surface area contributed by atoms with Gasteiger partial charge in [-0.15, -0.1) is 0 Å². The summed E-state index contributed by atoms with van der Waals surface area (Å²) in [6.45, 7) is 1.76. The van der Waals surface area contributed by atoms with Gasteiger partial charge in [0.05, 0.1) is 48.2 Å². The van der Waals surface area contributed by atoms with E-state index in [0.717, 1.165) is 5.52 Å². The first kappa shape index (κ1) is 23.4. The van der Waals surface area contributed by atoms with Gasteiger partial charge in [0, 0.05) is 33.4 Å². The number of carbonyl (C=O) groups is 1. The van der Waals surface area contributed by atoms with Gasteiger partial charge >= 0.3 is 0 Å². The maximum absolute atomic E-state index is 15.0. The van der Waals surface area contributed by atoms with Crippen molar-refractivity contribution in [3.8, 4) is 11.3 Å². The Hall–Kier alpha value is -4.39. The minimum Gasteiger partial charge on any atom is -0.378 e. The van der Waals surface area contributed by atoms with Crippen molar-refractivity contribution in [2.45, 2.75) is 0 Å². The van der Waals surface area contributed by atoms with Gasteiger partial charge in [0.1, 0.15) is 11.2 Å². The summed E-state index contributed by atoms with van der Waals surface area (Å²) < 4.78 is 37.0. The van der Waals surface area contributed by atoms with Crippen molar-refractivity contribution in [1.29, 1.82) is 0 Å². The third kappa shape index (κ3) is 4.02. The van der Waals surface area contributed by atoms with Gasteiger partial charge in [-0.2, -0.15) is 0 Å². The molecule has 5 rings (SSSR count). The van der Waals surface area contributed by atoms with Gasteiger partial charge in [0.2, 0.25) is 0 Å². The molecule has 0 saturated carbocycles. The molecule has 0 spiro atoms. The first-order chi connectivity index (χ1) is 17.4. The fourth-order valence-electron chi connectivity index (χ4n) is 4.08. The van der Waals surface area contributed by atoms with Gasteiger partial charge in [-0.25, -0.2) is 23.7 Å². The third-order valence-electron chi connectivity index (χ3n) is 5.93. The molecule has 36 heavy (non-hydrogen) atoms. The Bertz CT molecular complexity index is 1470. The molecule has 3 aromatic heterocycles. The summed E-state index contributed by atoms with van der Waals surface area (Å²) in [5.41, 5.74) is 7.39. The number of pyridine rings is 1. The number of nitrogens with two attached hydrogens (primary N) is 1. The third-order valence-corrected chi connectivity index (χ3v) is 5.93. The fourth-order valence-corrected chi connectivity index (χ4v) is 4.08. The largest absolute Gasteiger partial charge is 0.378 e. The van der Waals surface area contributed by atoms with Crippen molar-refractivity contribution in [2.24, 2.45) is 12.8 Å². The smallest absolute Gasteiger partial charge is 0.271 e. The van der Waals surface area contributed by atoms with Crippen LogP contribution in [0.1, 0.15) is 10.5 Å². The number of hydrogen-bond donors (Lipinski definition) is 3. The number of carbonyl (C=O) groups excluding carboxylic acids is 1. The Morgan fingerprint density at radius 2 is 1.89 bits per heavy atom. The van der Waals surface area contributed by atoms with E-state index >= 15 is 4.39 Å². The maximum Gasteiger partial charge on any atom is 0.271 e. The second kappa shape index (κ2) is 9.34. The van der Waals surface area contributed by atoms with Crippen LogP contribution in [0, 0.1) is 11.6 Å².